The lowest BCUT2D eigenvalue weighted by atomic mass is 10.00. The summed E-state index contributed by atoms with van der Waals surface area (Å²) in [6.45, 7) is 0.754. The van der Waals surface area contributed by atoms with Crippen LogP contribution in [0.2, 0.25) is 0 Å². The molecule has 3 heteroatoms. The number of benzene rings is 1. The number of carbonyl (C=O) groups is 1. The molecule has 0 saturated heterocycles. The Bertz CT molecular complexity index is 489. The highest BCUT2D eigenvalue weighted by Gasteiger charge is 2.30. The first-order valence-electron chi connectivity index (χ1n) is 7.74. The number of hydrogen-bond acceptors (Lipinski definition) is 2. The molecule has 1 aliphatic carbocycles. The van der Waals surface area contributed by atoms with Crippen LogP contribution in [0.5, 0.6) is 0 Å². The van der Waals surface area contributed by atoms with E-state index in [1.165, 1.54) is 31.2 Å². The second kappa shape index (κ2) is 6.21. The lowest BCUT2D eigenvalue weighted by Crippen LogP contribution is -2.22. The van der Waals surface area contributed by atoms with E-state index in [-0.39, 0.29) is 5.91 Å². The first kappa shape index (κ1) is 13.3. The maximum atomic E-state index is 12.0. The van der Waals surface area contributed by atoms with Gasteiger partial charge in [0.15, 0.2) is 0 Å². The molecule has 20 heavy (non-hydrogen) atoms. The van der Waals surface area contributed by atoms with Gasteiger partial charge >= 0.3 is 0 Å². The van der Waals surface area contributed by atoms with Gasteiger partial charge in [-0.3, -0.25) is 4.79 Å². The summed E-state index contributed by atoms with van der Waals surface area (Å²) < 4.78 is 0. The van der Waals surface area contributed by atoms with Gasteiger partial charge in [-0.1, -0.05) is 43.2 Å². The number of hydrazone groups is 1. The maximum absolute atomic E-state index is 12.0. The molecule has 106 valence electrons. The Balaban J connectivity index is 1.51. The van der Waals surface area contributed by atoms with E-state index >= 15 is 0 Å². The molecule has 0 aromatic heterocycles. The van der Waals surface area contributed by atoms with Gasteiger partial charge in [0, 0.05) is 6.54 Å². The van der Waals surface area contributed by atoms with Crippen LogP contribution >= 0.6 is 0 Å². The number of carbonyl (C=O) groups excluding carboxylic acids is 1. The molecule has 1 heterocycles. The van der Waals surface area contributed by atoms with Gasteiger partial charge in [0.25, 0.3) is 0 Å². The van der Waals surface area contributed by atoms with Crippen molar-refractivity contribution in [3.63, 3.8) is 0 Å². The molecular weight excluding hydrogens is 248 g/mol. The normalized spacial score (nSPS) is 19.7. The Hall–Kier alpha value is -1.64. The van der Waals surface area contributed by atoms with E-state index in [0.717, 1.165) is 25.1 Å². The highest BCUT2D eigenvalue weighted by Crippen LogP contribution is 2.29. The standard InChI is InChI=1S/C17H22N2O/c20-17-13-16(15-10-4-5-11-15)18-19(17)12-6-9-14-7-2-1-3-8-14/h1-3,7-8,15H,4-6,9-13H2. The summed E-state index contributed by atoms with van der Waals surface area (Å²) in [6.07, 6.45) is 7.61. The minimum Gasteiger partial charge on any atom is -0.273 e. The molecule has 3 nitrogen and oxygen atoms in total. The number of amides is 1. The van der Waals surface area contributed by atoms with Crippen LogP contribution in [-0.2, 0) is 11.2 Å². The van der Waals surface area contributed by atoms with Crippen molar-refractivity contribution in [2.45, 2.75) is 44.9 Å². The summed E-state index contributed by atoms with van der Waals surface area (Å²) in [6, 6.07) is 10.4. The average Bonchev–Trinajstić information content (AvgIpc) is 3.10. The fourth-order valence-electron chi connectivity index (χ4n) is 3.23. The molecule has 1 fully saturated rings. The fourth-order valence-corrected chi connectivity index (χ4v) is 3.23. The van der Waals surface area contributed by atoms with Crippen LogP contribution in [-0.4, -0.2) is 23.2 Å². The maximum Gasteiger partial charge on any atom is 0.248 e. The van der Waals surface area contributed by atoms with Crippen molar-refractivity contribution in [3.05, 3.63) is 35.9 Å². The van der Waals surface area contributed by atoms with E-state index in [2.05, 4.69) is 29.4 Å². The Kier molecular flexibility index (Phi) is 4.14. The van der Waals surface area contributed by atoms with Crippen LogP contribution in [0.1, 0.15) is 44.1 Å². The fraction of sp³-hybridized carbons (Fsp3) is 0.529. The Morgan fingerprint density at radius 3 is 2.65 bits per heavy atom. The van der Waals surface area contributed by atoms with E-state index in [9.17, 15) is 4.79 Å². The Morgan fingerprint density at radius 2 is 1.90 bits per heavy atom. The molecule has 1 saturated carbocycles. The highest BCUT2D eigenvalue weighted by atomic mass is 16.2. The molecular formula is C17H22N2O. The van der Waals surface area contributed by atoms with Crippen molar-refractivity contribution in [1.82, 2.24) is 5.01 Å². The monoisotopic (exact) mass is 270 g/mol. The molecule has 1 aromatic rings. The van der Waals surface area contributed by atoms with Crippen LogP contribution in [0.15, 0.2) is 35.4 Å². The predicted molar refractivity (Wildman–Crippen MR) is 80.5 cm³/mol. The lowest BCUT2D eigenvalue weighted by molar-refractivity contribution is -0.128. The number of nitrogens with zero attached hydrogens (tertiary/aromatic N) is 2. The van der Waals surface area contributed by atoms with Crippen LogP contribution in [0.25, 0.3) is 0 Å². The molecule has 1 amide bonds. The zero-order valence-electron chi connectivity index (χ0n) is 11.9. The van der Waals surface area contributed by atoms with Gasteiger partial charge in [-0.25, -0.2) is 5.01 Å². The van der Waals surface area contributed by atoms with E-state index in [1.807, 2.05) is 6.07 Å². The molecule has 2 aliphatic rings. The van der Waals surface area contributed by atoms with Gasteiger partial charge in [-0.15, -0.1) is 0 Å². The first-order chi connectivity index (χ1) is 9.83. The van der Waals surface area contributed by atoms with E-state index in [0.29, 0.717) is 12.3 Å². The summed E-state index contributed by atoms with van der Waals surface area (Å²) in [7, 11) is 0. The molecule has 0 atom stereocenters. The van der Waals surface area contributed by atoms with Crippen LogP contribution in [0.3, 0.4) is 0 Å². The van der Waals surface area contributed by atoms with E-state index in [1.54, 1.807) is 5.01 Å². The molecule has 0 bridgehead atoms. The minimum absolute atomic E-state index is 0.194. The summed E-state index contributed by atoms with van der Waals surface area (Å²) in [5.74, 6) is 0.776. The van der Waals surface area contributed by atoms with Crippen molar-refractivity contribution < 1.29 is 4.79 Å². The van der Waals surface area contributed by atoms with Gasteiger partial charge in [0.2, 0.25) is 5.91 Å². The first-order valence-corrected chi connectivity index (χ1v) is 7.74. The largest absolute Gasteiger partial charge is 0.273 e. The van der Waals surface area contributed by atoms with Crippen molar-refractivity contribution in [1.29, 1.82) is 0 Å². The number of hydrogen-bond donors (Lipinski definition) is 0. The van der Waals surface area contributed by atoms with Gasteiger partial charge < -0.3 is 0 Å². The Labute approximate surface area is 120 Å². The number of rotatable bonds is 5. The molecule has 3 rings (SSSR count). The van der Waals surface area contributed by atoms with Crippen molar-refractivity contribution >= 4 is 11.6 Å². The molecule has 0 radical (unpaired) electrons. The van der Waals surface area contributed by atoms with Crippen molar-refractivity contribution in [2.24, 2.45) is 11.0 Å². The van der Waals surface area contributed by atoms with Crippen LogP contribution in [0.4, 0.5) is 0 Å². The summed E-state index contributed by atoms with van der Waals surface area (Å²) >= 11 is 0. The quantitative estimate of drug-likeness (QED) is 0.807. The number of aryl methyl sites for hydroxylation is 1. The second-order valence-corrected chi connectivity index (χ2v) is 5.86. The van der Waals surface area contributed by atoms with Gasteiger partial charge in [-0.2, -0.15) is 5.10 Å². The topological polar surface area (TPSA) is 32.7 Å². The molecule has 1 aliphatic heterocycles. The van der Waals surface area contributed by atoms with Crippen LogP contribution < -0.4 is 0 Å². The third kappa shape index (κ3) is 3.09. The Morgan fingerprint density at radius 1 is 1.15 bits per heavy atom. The molecule has 1 aromatic carbocycles. The third-order valence-electron chi connectivity index (χ3n) is 4.37. The van der Waals surface area contributed by atoms with Gasteiger partial charge in [-0.05, 0) is 37.2 Å². The summed E-state index contributed by atoms with van der Waals surface area (Å²) in [5, 5.41) is 6.29. The van der Waals surface area contributed by atoms with E-state index < -0.39 is 0 Å². The smallest absolute Gasteiger partial charge is 0.248 e. The third-order valence-corrected chi connectivity index (χ3v) is 4.37. The predicted octanol–water partition coefficient (Wildman–Crippen LogP) is 3.40. The van der Waals surface area contributed by atoms with Crippen LogP contribution in [0, 0.1) is 5.92 Å². The summed E-state index contributed by atoms with van der Waals surface area (Å²) in [5.41, 5.74) is 2.48. The second-order valence-electron chi connectivity index (χ2n) is 5.86. The zero-order valence-corrected chi connectivity index (χ0v) is 11.9. The van der Waals surface area contributed by atoms with Gasteiger partial charge in [0.1, 0.15) is 0 Å². The van der Waals surface area contributed by atoms with Gasteiger partial charge in [0.05, 0.1) is 12.1 Å². The summed E-state index contributed by atoms with van der Waals surface area (Å²) in [4.78, 5) is 12.0. The zero-order chi connectivity index (χ0) is 13.8. The lowest BCUT2D eigenvalue weighted by Gasteiger charge is -2.11. The molecule has 0 unspecified atom stereocenters. The molecule has 0 N–H and O–H groups in total. The minimum atomic E-state index is 0.194. The average molecular weight is 270 g/mol. The van der Waals surface area contributed by atoms with Crippen molar-refractivity contribution in [2.75, 3.05) is 6.54 Å². The molecule has 0 spiro atoms. The van der Waals surface area contributed by atoms with Crippen molar-refractivity contribution in [3.8, 4) is 0 Å². The highest BCUT2D eigenvalue weighted by molar-refractivity contribution is 6.06. The van der Waals surface area contributed by atoms with E-state index in [4.69, 9.17) is 0 Å². The SMILES string of the molecule is O=C1CC(C2CCCC2)=NN1CCCc1ccccc1.